The van der Waals surface area contributed by atoms with Crippen molar-refractivity contribution in [3.8, 4) is 17.6 Å². The Balaban J connectivity index is 1.30. The van der Waals surface area contributed by atoms with Crippen LogP contribution in [0.25, 0.3) is 0 Å². The van der Waals surface area contributed by atoms with Crippen LogP contribution in [0, 0.1) is 11.8 Å². The van der Waals surface area contributed by atoms with Crippen molar-refractivity contribution in [3.63, 3.8) is 0 Å². The van der Waals surface area contributed by atoms with E-state index in [1.807, 2.05) is 71.6 Å². The van der Waals surface area contributed by atoms with Gasteiger partial charge in [0, 0.05) is 47.9 Å². The van der Waals surface area contributed by atoms with E-state index < -0.39 is 0 Å². The van der Waals surface area contributed by atoms with Gasteiger partial charge in [-0.2, -0.15) is 0 Å². The van der Waals surface area contributed by atoms with Gasteiger partial charge in [0.1, 0.15) is 5.75 Å². The molecular weight excluding hydrogens is 462 g/mol. The Bertz CT molecular complexity index is 1250. The molecule has 2 amide bonds. The molecule has 2 heterocycles. The van der Waals surface area contributed by atoms with Crippen molar-refractivity contribution in [3.05, 3.63) is 95.6 Å². The molecular formula is C31H33N3O3. The van der Waals surface area contributed by atoms with E-state index in [4.69, 9.17) is 4.74 Å². The molecule has 0 aromatic heterocycles. The minimum absolute atomic E-state index is 0.0663. The fraction of sp³-hybridized carbons (Fsp3) is 0.323. The molecule has 2 aliphatic rings. The maximum absolute atomic E-state index is 13.1. The Morgan fingerprint density at radius 1 is 0.946 bits per heavy atom. The van der Waals surface area contributed by atoms with E-state index >= 15 is 0 Å². The SMILES string of the molecule is COc1ccc(C#Cc2ccc([C@H]3[C@H](CO)N4CCCCN(C(=O)Nc5ccccc5)C[C@@H]34)cc2)cc1. The van der Waals surface area contributed by atoms with Crippen LogP contribution in [-0.4, -0.2) is 66.4 Å². The molecule has 190 valence electrons. The summed E-state index contributed by atoms with van der Waals surface area (Å²) < 4.78 is 5.21. The fourth-order valence-corrected chi connectivity index (χ4v) is 5.46. The summed E-state index contributed by atoms with van der Waals surface area (Å²) in [5.74, 6) is 7.42. The lowest BCUT2D eigenvalue weighted by molar-refractivity contribution is -0.0585. The first kappa shape index (κ1) is 24.9. The number of carbonyl (C=O) groups excluding carboxylic acids is 1. The molecule has 3 aromatic rings. The first-order valence-electron chi connectivity index (χ1n) is 12.9. The number of rotatable bonds is 4. The molecule has 0 bridgehead atoms. The Kier molecular flexibility index (Phi) is 7.74. The van der Waals surface area contributed by atoms with Crippen molar-refractivity contribution in [2.75, 3.05) is 38.7 Å². The number of urea groups is 1. The number of hydrogen-bond acceptors (Lipinski definition) is 4. The number of hydrogen-bond donors (Lipinski definition) is 2. The zero-order chi connectivity index (χ0) is 25.6. The number of anilines is 1. The number of ether oxygens (including phenoxy) is 1. The van der Waals surface area contributed by atoms with Crippen molar-refractivity contribution in [1.82, 2.24) is 9.80 Å². The lowest BCUT2D eigenvalue weighted by Gasteiger charge is -2.57. The summed E-state index contributed by atoms with van der Waals surface area (Å²) in [6.07, 6.45) is 1.96. The number of aliphatic hydroxyl groups excluding tert-OH is 1. The van der Waals surface area contributed by atoms with Gasteiger partial charge in [0.25, 0.3) is 0 Å². The second kappa shape index (κ2) is 11.5. The van der Waals surface area contributed by atoms with Gasteiger partial charge in [0.2, 0.25) is 0 Å². The summed E-state index contributed by atoms with van der Waals surface area (Å²) in [6, 6.07) is 25.8. The number of benzene rings is 3. The minimum atomic E-state index is -0.0663. The van der Waals surface area contributed by atoms with E-state index in [2.05, 4.69) is 34.2 Å². The molecule has 3 aromatic carbocycles. The first-order valence-corrected chi connectivity index (χ1v) is 12.9. The fourth-order valence-electron chi connectivity index (χ4n) is 5.46. The molecule has 2 N–H and O–H groups in total. The number of carbonyl (C=O) groups is 1. The van der Waals surface area contributed by atoms with Gasteiger partial charge < -0.3 is 20.1 Å². The molecule has 0 unspecified atom stereocenters. The summed E-state index contributed by atoms with van der Waals surface area (Å²) in [4.78, 5) is 17.4. The molecule has 2 fully saturated rings. The average Bonchev–Trinajstić information content (AvgIpc) is 2.92. The molecule has 0 spiro atoms. The zero-order valence-corrected chi connectivity index (χ0v) is 21.1. The standard InChI is InChI=1S/C31H33N3O3/c1-37-27-17-13-24(14-18-27)10-9-23-11-15-25(16-12-23)30-28-21-33(19-5-6-20-34(28)29(30)22-35)31(36)32-26-7-3-2-4-8-26/h2-4,7-8,11-18,28-30,35H,5-6,19-22H2,1H3,(H,32,36)/t28-,29-,30+/m0/s1. The molecule has 0 saturated carbocycles. The summed E-state index contributed by atoms with van der Waals surface area (Å²) in [5, 5.41) is 13.3. The average molecular weight is 496 g/mol. The molecule has 0 radical (unpaired) electrons. The molecule has 6 nitrogen and oxygen atoms in total. The zero-order valence-electron chi connectivity index (χ0n) is 21.1. The summed E-state index contributed by atoms with van der Waals surface area (Å²) in [6.45, 7) is 2.43. The van der Waals surface area contributed by atoms with Crippen LogP contribution in [0.15, 0.2) is 78.9 Å². The Morgan fingerprint density at radius 3 is 2.24 bits per heavy atom. The second-order valence-electron chi connectivity index (χ2n) is 9.63. The maximum Gasteiger partial charge on any atom is 0.321 e. The summed E-state index contributed by atoms with van der Waals surface area (Å²) in [5.41, 5.74) is 3.86. The van der Waals surface area contributed by atoms with Crippen molar-refractivity contribution in [2.24, 2.45) is 0 Å². The van der Waals surface area contributed by atoms with Crippen LogP contribution in [0.3, 0.4) is 0 Å². The number of aliphatic hydroxyl groups is 1. The highest BCUT2D eigenvalue weighted by molar-refractivity contribution is 5.89. The molecule has 2 aliphatic heterocycles. The Labute approximate surface area is 218 Å². The number of amides is 2. The van der Waals surface area contributed by atoms with Crippen molar-refractivity contribution >= 4 is 11.7 Å². The number of nitrogens with one attached hydrogen (secondary N) is 1. The monoisotopic (exact) mass is 495 g/mol. The van der Waals surface area contributed by atoms with E-state index in [1.165, 1.54) is 5.56 Å². The predicted molar refractivity (Wildman–Crippen MR) is 146 cm³/mol. The molecule has 6 heteroatoms. The van der Waals surface area contributed by atoms with Gasteiger partial charge in [-0.05, 0) is 73.5 Å². The van der Waals surface area contributed by atoms with E-state index in [1.54, 1.807) is 7.11 Å². The van der Waals surface area contributed by atoms with Crippen LogP contribution in [-0.2, 0) is 0 Å². The van der Waals surface area contributed by atoms with Crippen LogP contribution in [0.2, 0.25) is 0 Å². The molecule has 2 saturated heterocycles. The largest absolute Gasteiger partial charge is 0.497 e. The number of nitrogens with zero attached hydrogens (tertiary/aromatic N) is 2. The van der Waals surface area contributed by atoms with Gasteiger partial charge in [-0.1, -0.05) is 42.2 Å². The van der Waals surface area contributed by atoms with E-state index in [0.29, 0.717) is 6.54 Å². The van der Waals surface area contributed by atoms with Gasteiger partial charge in [0.05, 0.1) is 13.7 Å². The molecule has 5 rings (SSSR count). The van der Waals surface area contributed by atoms with Gasteiger partial charge in [0.15, 0.2) is 0 Å². The van der Waals surface area contributed by atoms with Crippen LogP contribution in [0.1, 0.15) is 35.4 Å². The normalized spacial score (nSPS) is 21.4. The second-order valence-corrected chi connectivity index (χ2v) is 9.63. The van der Waals surface area contributed by atoms with E-state index in [-0.39, 0.29) is 30.6 Å². The lowest BCUT2D eigenvalue weighted by atomic mass is 9.74. The van der Waals surface area contributed by atoms with Crippen molar-refractivity contribution in [1.29, 1.82) is 0 Å². The Morgan fingerprint density at radius 2 is 1.59 bits per heavy atom. The topological polar surface area (TPSA) is 65.0 Å². The van der Waals surface area contributed by atoms with Gasteiger partial charge in [-0.15, -0.1) is 0 Å². The highest BCUT2D eigenvalue weighted by Crippen LogP contribution is 2.42. The maximum atomic E-state index is 13.1. The number of fused-ring (bicyclic) bond motifs is 1. The minimum Gasteiger partial charge on any atom is -0.497 e. The smallest absolute Gasteiger partial charge is 0.321 e. The Hall–Kier alpha value is -3.79. The quantitative estimate of drug-likeness (QED) is 0.521. The van der Waals surface area contributed by atoms with Crippen molar-refractivity contribution in [2.45, 2.75) is 30.8 Å². The highest BCUT2D eigenvalue weighted by atomic mass is 16.5. The van der Waals surface area contributed by atoms with E-state index in [0.717, 1.165) is 48.5 Å². The van der Waals surface area contributed by atoms with Gasteiger partial charge >= 0.3 is 6.03 Å². The number of methoxy groups -OCH3 is 1. The number of para-hydroxylation sites is 1. The molecule has 0 aliphatic carbocycles. The third-order valence-electron chi connectivity index (χ3n) is 7.42. The van der Waals surface area contributed by atoms with Crippen LogP contribution in [0.5, 0.6) is 5.75 Å². The summed E-state index contributed by atoms with van der Waals surface area (Å²) >= 11 is 0. The molecule has 37 heavy (non-hydrogen) atoms. The van der Waals surface area contributed by atoms with Gasteiger partial charge in [-0.3, -0.25) is 4.90 Å². The van der Waals surface area contributed by atoms with Crippen LogP contribution < -0.4 is 10.1 Å². The third kappa shape index (κ3) is 5.64. The van der Waals surface area contributed by atoms with E-state index in [9.17, 15) is 9.90 Å². The summed E-state index contributed by atoms with van der Waals surface area (Å²) in [7, 11) is 1.65. The predicted octanol–water partition coefficient (Wildman–Crippen LogP) is 4.55. The van der Waals surface area contributed by atoms with Crippen LogP contribution >= 0.6 is 0 Å². The van der Waals surface area contributed by atoms with Gasteiger partial charge in [-0.25, -0.2) is 4.79 Å². The first-order chi connectivity index (χ1) is 18.2. The van der Waals surface area contributed by atoms with Crippen LogP contribution in [0.4, 0.5) is 10.5 Å². The molecule has 3 atom stereocenters. The highest BCUT2D eigenvalue weighted by Gasteiger charge is 2.49. The lowest BCUT2D eigenvalue weighted by Crippen LogP contribution is -2.68. The van der Waals surface area contributed by atoms with Crippen molar-refractivity contribution < 1.29 is 14.6 Å². The third-order valence-corrected chi connectivity index (χ3v) is 7.42.